The molecule has 2 aromatic heterocycles. The fraction of sp³-hybridized carbons (Fsp3) is 0.706. The van der Waals surface area contributed by atoms with Gasteiger partial charge in [-0.3, -0.25) is 14.3 Å². The Morgan fingerprint density at radius 1 is 1.54 bits per heavy atom. The molecular formula is C17H28IN5O4Si. The van der Waals surface area contributed by atoms with Gasteiger partial charge in [0.2, 0.25) is 5.95 Å². The number of rotatable bonds is 5. The zero-order chi connectivity index (χ0) is 20.9. The molecule has 3 rings (SSSR count). The van der Waals surface area contributed by atoms with E-state index in [1.165, 1.54) is 6.33 Å². The van der Waals surface area contributed by atoms with Gasteiger partial charge in [0, 0.05) is 10.8 Å². The van der Waals surface area contributed by atoms with Crippen LogP contribution in [0.15, 0.2) is 11.1 Å². The molecule has 9 nitrogen and oxygen atoms in total. The molecule has 0 radical (unpaired) electrons. The quantitative estimate of drug-likeness (QED) is 0.313. The lowest BCUT2D eigenvalue weighted by Gasteiger charge is -2.42. The van der Waals surface area contributed by atoms with Crippen molar-refractivity contribution in [1.29, 1.82) is 0 Å². The van der Waals surface area contributed by atoms with Crippen LogP contribution < -0.4 is 11.3 Å². The number of aromatic amines is 1. The first-order chi connectivity index (χ1) is 12.9. The average molecular weight is 521 g/mol. The van der Waals surface area contributed by atoms with Crippen LogP contribution in [-0.2, 0) is 9.16 Å². The molecule has 0 bridgehead atoms. The molecule has 28 heavy (non-hydrogen) atoms. The third kappa shape index (κ3) is 3.62. The Kier molecular flexibility index (Phi) is 5.69. The van der Waals surface area contributed by atoms with Crippen LogP contribution in [0.4, 0.5) is 5.95 Å². The Morgan fingerprint density at radius 3 is 2.79 bits per heavy atom. The van der Waals surface area contributed by atoms with Crippen LogP contribution in [0.25, 0.3) is 11.2 Å². The van der Waals surface area contributed by atoms with Crippen LogP contribution in [0.5, 0.6) is 0 Å². The Labute approximate surface area is 178 Å². The van der Waals surface area contributed by atoms with E-state index >= 15 is 0 Å². The summed E-state index contributed by atoms with van der Waals surface area (Å²) in [4.78, 5) is 22.9. The largest absolute Gasteiger partial charge is 0.411 e. The Balaban J connectivity index is 1.99. The van der Waals surface area contributed by atoms with Crippen molar-refractivity contribution in [3.8, 4) is 0 Å². The van der Waals surface area contributed by atoms with E-state index in [-0.39, 0.29) is 29.2 Å². The average Bonchev–Trinajstić information content (AvgIpc) is 3.15. The maximum atomic E-state index is 12.1. The molecule has 11 heteroatoms. The van der Waals surface area contributed by atoms with E-state index < -0.39 is 25.7 Å². The second kappa shape index (κ2) is 7.34. The number of alkyl halides is 1. The monoisotopic (exact) mass is 521 g/mol. The van der Waals surface area contributed by atoms with Crippen molar-refractivity contribution >= 4 is 48.0 Å². The molecule has 0 saturated carbocycles. The molecule has 1 unspecified atom stereocenters. The lowest BCUT2D eigenvalue weighted by molar-refractivity contribution is -0.107. The third-order valence-electron chi connectivity index (χ3n) is 5.87. The highest BCUT2D eigenvalue weighted by Crippen LogP contribution is 2.45. The Hall–Kier alpha value is -1.02. The first-order valence-electron chi connectivity index (χ1n) is 9.19. The van der Waals surface area contributed by atoms with Gasteiger partial charge >= 0.3 is 0 Å². The second-order valence-electron chi connectivity index (χ2n) is 8.81. The van der Waals surface area contributed by atoms with Gasteiger partial charge in [0.05, 0.1) is 19.0 Å². The fourth-order valence-corrected chi connectivity index (χ4v) is 5.39. The third-order valence-corrected chi connectivity index (χ3v) is 11.6. The molecule has 1 fully saturated rings. The molecule has 3 atom stereocenters. The van der Waals surface area contributed by atoms with Crippen molar-refractivity contribution in [3.05, 3.63) is 16.7 Å². The highest BCUT2D eigenvalue weighted by molar-refractivity contribution is 14.1. The molecule has 1 saturated heterocycles. The van der Waals surface area contributed by atoms with E-state index in [1.807, 2.05) is 0 Å². The molecule has 0 aliphatic carbocycles. The highest BCUT2D eigenvalue weighted by Gasteiger charge is 2.53. The van der Waals surface area contributed by atoms with E-state index in [2.05, 4.69) is 71.4 Å². The van der Waals surface area contributed by atoms with E-state index in [0.29, 0.717) is 16.5 Å². The summed E-state index contributed by atoms with van der Waals surface area (Å²) in [5.41, 5.74) is 5.05. The van der Waals surface area contributed by atoms with Crippen molar-refractivity contribution in [2.24, 2.45) is 0 Å². The molecule has 1 aliphatic heterocycles. The van der Waals surface area contributed by atoms with Crippen LogP contribution >= 0.6 is 22.6 Å². The number of nitrogens with zero attached hydrogens (tertiary/aromatic N) is 3. The summed E-state index contributed by atoms with van der Waals surface area (Å²) in [5, 5.41) is 10.2. The Bertz CT molecular complexity index is 918. The zero-order valence-corrected chi connectivity index (χ0v) is 20.0. The molecule has 4 N–H and O–H groups in total. The molecule has 1 aliphatic rings. The lowest BCUT2D eigenvalue weighted by atomic mass is 10.0. The maximum absolute atomic E-state index is 12.1. The smallest absolute Gasteiger partial charge is 0.280 e. The number of nitrogens with two attached hydrogens (primary N) is 1. The van der Waals surface area contributed by atoms with Gasteiger partial charge in [-0.2, -0.15) is 4.98 Å². The number of hydrogen-bond donors (Lipinski definition) is 3. The molecule has 0 spiro atoms. The fourth-order valence-electron chi connectivity index (χ4n) is 3.10. The van der Waals surface area contributed by atoms with Crippen LogP contribution in [0, 0.1) is 0 Å². The van der Waals surface area contributed by atoms with Crippen molar-refractivity contribution in [2.45, 2.75) is 63.3 Å². The number of H-pyrrole nitrogens is 1. The molecule has 3 heterocycles. The maximum Gasteiger partial charge on any atom is 0.280 e. The minimum absolute atomic E-state index is 0.0219. The first-order valence-corrected chi connectivity index (χ1v) is 13.6. The molecular weight excluding hydrogens is 493 g/mol. The summed E-state index contributed by atoms with van der Waals surface area (Å²) in [6.07, 6.45) is 1.31. The predicted octanol–water partition coefficient (Wildman–Crippen LogP) is 2.18. The van der Waals surface area contributed by atoms with E-state index in [9.17, 15) is 9.90 Å². The summed E-state index contributed by atoms with van der Waals surface area (Å²) >= 11 is 2.22. The SMILES string of the molecule is CC(C)(C)[Si](C)(C)OC1C[C@H](n2cnc3c(=O)[nH]c(N)nc32)O[C@@]1(CO)CI. The molecule has 0 aromatic carbocycles. The van der Waals surface area contributed by atoms with Gasteiger partial charge in [0.1, 0.15) is 11.8 Å². The number of ether oxygens (including phenoxy) is 1. The van der Waals surface area contributed by atoms with Crippen LogP contribution in [-0.4, -0.2) is 55.7 Å². The van der Waals surface area contributed by atoms with Gasteiger partial charge in [-0.15, -0.1) is 0 Å². The number of nitrogen functional groups attached to an aromatic ring is 1. The summed E-state index contributed by atoms with van der Waals surface area (Å²) in [6, 6.07) is 0. The normalized spacial score (nSPS) is 26.2. The number of imidazole rings is 1. The van der Waals surface area contributed by atoms with Gasteiger partial charge in [0.25, 0.3) is 5.56 Å². The number of anilines is 1. The van der Waals surface area contributed by atoms with Gasteiger partial charge in [-0.05, 0) is 18.1 Å². The van der Waals surface area contributed by atoms with E-state index in [4.69, 9.17) is 14.9 Å². The van der Waals surface area contributed by atoms with E-state index in [0.717, 1.165) is 0 Å². The zero-order valence-electron chi connectivity index (χ0n) is 16.8. The van der Waals surface area contributed by atoms with Crippen molar-refractivity contribution in [1.82, 2.24) is 19.5 Å². The lowest BCUT2D eigenvalue weighted by Crippen LogP contribution is -2.53. The van der Waals surface area contributed by atoms with Crippen LogP contribution in [0.3, 0.4) is 0 Å². The first kappa shape index (κ1) is 21.7. The van der Waals surface area contributed by atoms with E-state index in [1.54, 1.807) is 4.57 Å². The topological polar surface area (TPSA) is 128 Å². The van der Waals surface area contributed by atoms with Crippen molar-refractivity contribution in [3.63, 3.8) is 0 Å². The van der Waals surface area contributed by atoms with Crippen molar-refractivity contribution in [2.75, 3.05) is 16.8 Å². The number of aliphatic hydroxyl groups is 1. The van der Waals surface area contributed by atoms with Gasteiger partial charge in [-0.25, -0.2) is 4.98 Å². The number of halogens is 1. The minimum Gasteiger partial charge on any atom is -0.411 e. The molecule has 0 amide bonds. The molecule has 2 aromatic rings. The van der Waals surface area contributed by atoms with Crippen LogP contribution in [0.2, 0.25) is 18.1 Å². The summed E-state index contributed by atoms with van der Waals surface area (Å²) in [7, 11) is -2.09. The number of nitrogens with one attached hydrogen (secondary N) is 1. The van der Waals surface area contributed by atoms with Crippen molar-refractivity contribution < 1.29 is 14.3 Å². The highest BCUT2D eigenvalue weighted by atomic mass is 127. The standard InChI is InChI=1S/C17H28IN5O4Si/c1-16(2,3)28(4,5)27-10-6-11(26-17(10,7-18)8-24)23-9-20-12-13(23)21-15(19)22-14(12)25/h9-11,24H,6-8H2,1-5H3,(H3,19,21,22,25)/t10?,11-,17-/m1/s1. The van der Waals surface area contributed by atoms with Gasteiger partial charge < -0.3 is 20.0 Å². The second-order valence-corrected chi connectivity index (χ2v) is 14.3. The number of aromatic nitrogens is 4. The number of aliphatic hydroxyl groups excluding tert-OH is 1. The number of hydrogen-bond acceptors (Lipinski definition) is 7. The predicted molar refractivity (Wildman–Crippen MR) is 118 cm³/mol. The summed E-state index contributed by atoms with van der Waals surface area (Å²) in [6.45, 7) is 10.8. The van der Waals surface area contributed by atoms with Gasteiger partial charge in [-0.1, -0.05) is 43.4 Å². The van der Waals surface area contributed by atoms with Crippen LogP contribution in [0.1, 0.15) is 33.4 Å². The molecule has 156 valence electrons. The summed E-state index contributed by atoms with van der Waals surface area (Å²) < 4.78 is 15.2. The number of fused-ring (bicyclic) bond motifs is 1. The Morgan fingerprint density at radius 2 is 2.21 bits per heavy atom. The minimum atomic E-state index is -2.09. The van der Waals surface area contributed by atoms with Gasteiger partial charge in [0.15, 0.2) is 19.5 Å². The summed E-state index contributed by atoms with van der Waals surface area (Å²) in [5.74, 6) is 0.0219.